The average molecular weight is 471 g/mol. The number of rotatable bonds is 15. The van der Waals surface area contributed by atoms with E-state index in [9.17, 15) is 4.79 Å². The Morgan fingerprint density at radius 2 is 1.73 bits per heavy atom. The van der Waals surface area contributed by atoms with Gasteiger partial charge in [0, 0.05) is 17.8 Å². The predicted octanol–water partition coefficient (Wildman–Crippen LogP) is 7.48. The molecule has 1 aromatic carbocycles. The van der Waals surface area contributed by atoms with Crippen molar-refractivity contribution < 1.29 is 14.3 Å². The van der Waals surface area contributed by atoms with Gasteiger partial charge in [0.1, 0.15) is 5.75 Å². The summed E-state index contributed by atoms with van der Waals surface area (Å²) in [5.41, 5.74) is 1.73. The van der Waals surface area contributed by atoms with Gasteiger partial charge in [-0.2, -0.15) is 0 Å². The van der Waals surface area contributed by atoms with Gasteiger partial charge in [-0.3, -0.25) is 4.40 Å². The molecular formula is C27H38N2O3S. The fraction of sp³-hybridized carbons (Fsp3) is 0.556. The number of carbonyl (C=O) groups is 1. The van der Waals surface area contributed by atoms with E-state index in [0.29, 0.717) is 5.69 Å². The molecule has 180 valence electrons. The predicted molar refractivity (Wildman–Crippen MR) is 135 cm³/mol. The number of nitrogens with zero attached hydrogens (tertiary/aromatic N) is 2. The van der Waals surface area contributed by atoms with Crippen LogP contribution in [0.2, 0.25) is 0 Å². The van der Waals surface area contributed by atoms with E-state index >= 15 is 0 Å². The van der Waals surface area contributed by atoms with Crippen LogP contribution in [0.5, 0.6) is 5.75 Å². The van der Waals surface area contributed by atoms with Gasteiger partial charge in [-0.05, 0) is 70.1 Å². The number of aryl methyl sites for hydroxylation is 1. The highest BCUT2D eigenvalue weighted by atomic mass is 32.1. The normalized spacial score (nSPS) is 13.2. The summed E-state index contributed by atoms with van der Waals surface area (Å²) in [7, 11) is 0. The number of benzene rings is 1. The molecule has 2 heterocycles. The molecule has 3 rings (SSSR count). The van der Waals surface area contributed by atoms with Crippen LogP contribution in [0, 0.1) is 0 Å². The van der Waals surface area contributed by atoms with E-state index in [4.69, 9.17) is 9.47 Å². The van der Waals surface area contributed by atoms with Crippen molar-refractivity contribution >= 4 is 22.3 Å². The summed E-state index contributed by atoms with van der Waals surface area (Å²) in [5.74, 6) is 0.630. The quantitative estimate of drug-likeness (QED) is 0.171. The number of unbranched alkanes of at least 4 members (excludes halogenated alkanes) is 5. The van der Waals surface area contributed by atoms with Crippen LogP contribution in [-0.4, -0.2) is 27.6 Å². The molecule has 0 saturated heterocycles. The summed E-state index contributed by atoms with van der Waals surface area (Å²) in [6, 6.07) is 8.55. The maximum atomic E-state index is 12.3. The standard InChI is InChI=1S/C27H38N2O3S/c1-4-5-6-8-11-21(2)31-24-16-14-23(15-17-24)13-10-7-9-12-22(3)32-26(30)25-20-29-18-19-33-27(29)28-25/h14-22H,4-13H2,1-3H3/t21-,22?/m0/s1. The van der Waals surface area contributed by atoms with Crippen molar-refractivity contribution in [2.24, 2.45) is 0 Å². The van der Waals surface area contributed by atoms with Crippen molar-refractivity contribution in [1.29, 1.82) is 0 Å². The molecule has 0 aliphatic carbocycles. The topological polar surface area (TPSA) is 52.8 Å². The van der Waals surface area contributed by atoms with E-state index in [1.807, 2.05) is 22.9 Å². The number of carbonyl (C=O) groups excluding carboxylic acids is 1. The van der Waals surface area contributed by atoms with Gasteiger partial charge in [0.15, 0.2) is 10.7 Å². The Labute approximate surface area is 202 Å². The van der Waals surface area contributed by atoms with Crippen LogP contribution in [0.4, 0.5) is 0 Å². The zero-order valence-corrected chi connectivity index (χ0v) is 21.1. The second-order valence-electron chi connectivity index (χ2n) is 8.96. The van der Waals surface area contributed by atoms with Gasteiger partial charge in [-0.15, -0.1) is 11.3 Å². The number of thiazole rings is 1. The molecular weight excluding hydrogens is 432 g/mol. The molecule has 2 atom stereocenters. The third-order valence-electron chi connectivity index (χ3n) is 5.91. The van der Waals surface area contributed by atoms with Crippen LogP contribution in [0.15, 0.2) is 42.0 Å². The van der Waals surface area contributed by atoms with Crippen molar-refractivity contribution in [2.45, 2.75) is 97.2 Å². The Balaban J connectivity index is 1.27. The number of hydrogen-bond donors (Lipinski definition) is 0. The van der Waals surface area contributed by atoms with E-state index in [-0.39, 0.29) is 18.2 Å². The van der Waals surface area contributed by atoms with E-state index in [0.717, 1.165) is 49.2 Å². The first-order valence-corrected chi connectivity index (χ1v) is 13.3. The molecule has 1 unspecified atom stereocenters. The van der Waals surface area contributed by atoms with E-state index in [2.05, 4.69) is 43.1 Å². The lowest BCUT2D eigenvalue weighted by Crippen LogP contribution is -2.15. The molecule has 2 aromatic heterocycles. The van der Waals surface area contributed by atoms with Crippen LogP contribution in [0.1, 0.15) is 94.6 Å². The highest BCUT2D eigenvalue weighted by Crippen LogP contribution is 2.19. The van der Waals surface area contributed by atoms with Gasteiger partial charge in [-0.25, -0.2) is 9.78 Å². The molecule has 6 heteroatoms. The Morgan fingerprint density at radius 3 is 2.45 bits per heavy atom. The molecule has 5 nitrogen and oxygen atoms in total. The zero-order valence-electron chi connectivity index (χ0n) is 20.3. The zero-order chi connectivity index (χ0) is 23.5. The Kier molecular flexibility index (Phi) is 10.3. The van der Waals surface area contributed by atoms with Crippen molar-refractivity contribution in [3.8, 4) is 5.75 Å². The van der Waals surface area contributed by atoms with Gasteiger partial charge in [0.2, 0.25) is 0 Å². The number of aromatic nitrogens is 2. The molecule has 0 bridgehead atoms. The number of ether oxygens (including phenoxy) is 2. The largest absolute Gasteiger partial charge is 0.491 e. The summed E-state index contributed by atoms with van der Waals surface area (Å²) in [5, 5.41) is 1.94. The summed E-state index contributed by atoms with van der Waals surface area (Å²) in [6.45, 7) is 6.36. The maximum absolute atomic E-state index is 12.3. The smallest absolute Gasteiger partial charge is 0.358 e. The van der Waals surface area contributed by atoms with Crippen molar-refractivity contribution in [3.63, 3.8) is 0 Å². The SMILES string of the molecule is CCCCCC[C@H](C)Oc1ccc(CCCCCC(C)OC(=O)c2cn3ccsc3n2)cc1. The van der Waals surface area contributed by atoms with Gasteiger partial charge in [-0.1, -0.05) is 44.7 Å². The van der Waals surface area contributed by atoms with Gasteiger partial charge >= 0.3 is 5.97 Å². The number of imidazole rings is 1. The van der Waals surface area contributed by atoms with Crippen LogP contribution < -0.4 is 4.74 Å². The monoisotopic (exact) mass is 470 g/mol. The third-order valence-corrected chi connectivity index (χ3v) is 6.68. The third kappa shape index (κ3) is 8.50. The minimum atomic E-state index is -0.337. The molecule has 0 aliphatic heterocycles. The summed E-state index contributed by atoms with van der Waals surface area (Å²) < 4.78 is 13.5. The lowest BCUT2D eigenvalue weighted by atomic mass is 10.0. The lowest BCUT2D eigenvalue weighted by molar-refractivity contribution is 0.0313. The van der Waals surface area contributed by atoms with Crippen LogP contribution in [0.3, 0.4) is 0 Å². The van der Waals surface area contributed by atoms with Crippen molar-refractivity contribution in [1.82, 2.24) is 9.38 Å². The first-order chi connectivity index (χ1) is 16.0. The highest BCUT2D eigenvalue weighted by Gasteiger charge is 2.16. The van der Waals surface area contributed by atoms with Gasteiger partial charge in [0.25, 0.3) is 0 Å². The second-order valence-corrected chi connectivity index (χ2v) is 9.83. The molecule has 0 N–H and O–H groups in total. The van der Waals surface area contributed by atoms with Crippen molar-refractivity contribution in [2.75, 3.05) is 0 Å². The minimum absolute atomic E-state index is 0.0994. The number of fused-ring (bicyclic) bond motifs is 1. The van der Waals surface area contributed by atoms with E-state index in [1.165, 1.54) is 42.6 Å². The molecule has 0 fully saturated rings. The van der Waals surface area contributed by atoms with Crippen molar-refractivity contribution in [3.05, 3.63) is 53.3 Å². The highest BCUT2D eigenvalue weighted by molar-refractivity contribution is 7.15. The van der Waals surface area contributed by atoms with E-state index in [1.54, 1.807) is 6.20 Å². The fourth-order valence-electron chi connectivity index (χ4n) is 3.95. The minimum Gasteiger partial charge on any atom is -0.491 e. The Morgan fingerprint density at radius 1 is 1.00 bits per heavy atom. The van der Waals surface area contributed by atoms with Crippen LogP contribution >= 0.6 is 11.3 Å². The first-order valence-electron chi connectivity index (χ1n) is 12.4. The summed E-state index contributed by atoms with van der Waals surface area (Å²) >= 11 is 1.51. The number of hydrogen-bond acceptors (Lipinski definition) is 5. The first kappa shape index (κ1) is 25.3. The van der Waals surface area contributed by atoms with Crippen LogP contribution in [-0.2, 0) is 11.2 Å². The molecule has 3 aromatic rings. The molecule has 0 spiro atoms. The summed E-state index contributed by atoms with van der Waals surface area (Å²) in [6.07, 6.45) is 15.3. The van der Waals surface area contributed by atoms with Gasteiger partial charge < -0.3 is 9.47 Å². The Bertz CT molecular complexity index is 935. The van der Waals surface area contributed by atoms with Gasteiger partial charge in [0.05, 0.1) is 12.2 Å². The molecule has 0 aliphatic rings. The van der Waals surface area contributed by atoms with Crippen LogP contribution in [0.25, 0.3) is 4.96 Å². The molecule has 0 saturated carbocycles. The average Bonchev–Trinajstić information content (AvgIpc) is 3.40. The number of esters is 1. The molecule has 33 heavy (non-hydrogen) atoms. The lowest BCUT2D eigenvalue weighted by Gasteiger charge is -2.15. The Hall–Kier alpha value is -2.34. The summed E-state index contributed by atoms with van der Waals surface area (Å²) in [4.78, 5) is 17.4. The molecule has 0 radical (unpaired) electrons. The maximum Gasteiger partial charge on any atom is 0.358 e. The fourth-order valence-corrected chi connectivity index (χ4v) is 4.65. The van der Waals surface area contributed by atoms with E-state index < -0.39 is 0 Å². The second kappa shape index (κ2) is 13.4. The molecule has 0 amide bonds.